The van der Waals surface area contributed by atoms with E-state index in [2.05, 4.69) is 5.32 Å². The molecule has 82 valence electrons. The van der Waals surface area contributed by atoms with Crippen molar-refractivity contribution in [1.29, 1.82) is 0 Å². The quantitative estimate of drug-likeness (QED) is 0.849. The van der Waals surface area contributed by atoms with E-state index in [1.54, 1.807) is 0 Å². The minimum Gasteiger partial charge on any atom is -0.382 e. The molecule has 1 aromatic rings. The molecule has 2 rings (SSSR count). The Labute approximate surface area is 95.6 Å². The van der Waals surface area contributed by atoms with Crippen LogP contribution in [0.25, 0.3) is 0 Å². The van der Waals surface area contributed by atoms with Gasteiger partial charge in [0.2, 0.25) is 0 Å². The summed E-state index contributed by atoms with van der Waals surface area (Å²) in [4.78, 5) is 0. The molecular formula is C12H16ClNO. The predicted octanol–water partition coefficient (Wildman–Crippen LogP) is 3.32. The normalized spacial score (nSPS) is 24.7. The second-order valence-electron chi connectivity index (χ2n) is 3.90. The molecule has 1 N–H and O–H groups in total. The monoisotopic (exact) mass is 225 g/mol. The third-order valence-electron chi connectivity index (χ3n) is 2.71. The Kier molecular flexibility index (Phi) is 3.49. The van der Waals surface area contributed by atoms with E-state index in [-0.39, 0.29) is 0 Å². The summed E-state index contributed by atoms with van der Waals surface area (Å²) in [5, 5.41) is 4.23. The fourth-order valence-corrected chi connectivity index (χ4v) is 1.96. The number of hydrogen-bond acceptors (Lipinski definition) is 2. The first-order chi connectivity index (χ1) is 7.28. The average molecular weight is 226 g/mol. The van der Waals surface area contributed by atoms with Crippen LogP contribution < -0.4 is 5.32 Å². The highest BCUT2D eigenvalue weighted by Crippen LogP contribution is 2.27. The Morgan fingerprint density at radius 2 is 2.00 bits per heavy atom. The largest absolute Gasteiger partial charge is 0.382 e. The smallest absolute Gasteiger partial charge is 0.0614 e. The van der Waals surface area contributed by atoms with Crippen LogP contribution in [0.3, 0.4) is 0 Å². The van der Waals surface area contributed by atoms with Crippen LogP contribution >= 0.6 is 11.6 Å². The maximum absolute atomic E-state index is 5.81. The Balaban J connectivity index is 1.77. The Hall–Kier alpha value is -0.730. The molecule has 0 atom stereocenters. The molecule has 0 amide bonds. The van der Waals surface area contributed by atoms with Gasteiger partial charge in [0.05, 0.1) is 6.10 Å². The van der Waals surface area contributed by atoms with Gasteiger partial charge >= 0.3 is 0 Å². The minimum absolute atomic E-state index is 0.458. The van der Waals surface area contributed by atoms with Crippen molar-refractivity contribution in [2.75, 3.05) is 11.9 Å². The van der Waals surface area contributed by atoms with Gasteiger partial charge in [0.25, 0.3) is 0 Å². The molecule has 0 unspecified atom stereocenters. The number of hydrogen-bond donors (Lipinski definition) is 1. The first-order valence-electron chi connectivity index (χ1n) is 5.41. The molecule has 0 radical (unpaired) electrons. The molecule has 1 aliphatic rings. The average Bonchev–Trinajstić information content (AvgIpc) is 2.18. The van der Waals surface area contributed by atoms with E-state index in [1.165, 1.54) is 0 Å². The minimum atomic E-state index is 0.458. The first-order valence-corrected chi connectivity index (χ1v) is 5.79. The molecule has 1 aliphatic carbocycles. The van der Waals surface area contributed by atoms with Gasteiger partial charge in [-0.1, -0.05) is 11.6 Å². The van der Waals surface area contributed by atoms with Crippen molar-refractivity contribution >= 4 is 17.3 Å². The number of halogens is 1. The SMILES string of the molecule is CCOC1CC(Nc2ccc(Cl)cc2)C1. The lowest BCUT2D eigenvalue weighted by atomic mass is 9.89. The maximum atomic E-state index is 5.81. The Morgan fingerprint density at radius 1 is 1.33 bits per heavy atom. The van der Waals surface area contributed by atoms with Crippen molar-refractivity contribution in [1.82, 2.24) is 0 Å². The fourth-order valence-electron chi connectivity index (χ4n) is 1.84. The van der Waals surface area contributed by atoms with Crippen LogP contribution in [0, 0.1) is 0 Å². The van der Waals surface area contributed by atoms with Gasteiger partial charge in [-0.15, -0.1) is 0 Å². The van der Waals surface area contributed by atoms with Crippen LogP contribution in [0.1, 0.15) is 19.8 Å². The summed E-state index contributed by atoms with van der Waals surface area (Å²) < 4.78 is 5.50. The third-order valence-corrected chi connectivity index (χ3v) is 2.96. The van der Waals surface area contributed by atoms with Gasteiger partial charge in [0.15, 0.2) is 0 Å². The number of ether oxygens (including phenoxy) is 1. The Morgan fingerprint density at radius 3 is 2.60 bits per heavy atom. The van der Waals surface area contributed by atoms with Gasteiger partial charge in [0.1, 0.15) is 0 Å². The molecule has 1 fully saturated rings. The van der Waals surface area contributed by atoms with Gasteiger partial charge in [-0.05, 0) is 44.0 Å². The lowest BCUT2D eigenvalue weighted by Crippen LogP contribution is -2.40. The van der Waals surface area contributed by atoms with E-state index in [0.29, 0.717) is 12.1 Å². The predicted molar refractivity (Wildman–Crippen MR) is 63.5 cm³/mol. The highest BCUT2D eigenvalue weighted by molar-refractivity contribution is 6.30. The van der Waals surface area contributed by atoms with Gasteiger partial charge in [-0.25, -0.2) is 0 Å². The standard InChI is InChI=1S/C12H16ClNO/c1-2-15-12-7-11(8-12)14-10-5-3-9(13)4-6-10/h3-6,11-12,14H,2,7-8H2,1H3. The van der Waals surface area contributed by atoms with Crippen LogP contribution in [-0.2, 0) is 4.74 Å². The van der Waals surface area contributed by atoms with Crippen LogP contribution in [0.15, 0.2) is 24.3 Å². The van der Waals surface area contributed by atoms with Crippen LogP contribution in [-0.4, -0.2) is 18.8 Å². The van der Waals surface area contributed by atoms with Crippen molar-refractivity contribution in [3.05, 3.63) is 29.3 Å². The zero-order valence-corrected chi connectivity index (χ0v) is 9.63. The highest BCUT2D eigenvalue weighted by Gasteiger charge is 2.29. The molecule has 0 aliphatic heterocycles. The van der Waals surface area contributed by atoms with Crippen LogP contribution in [0.5, 0.6) is 0 Å². The van der Waals surface area contributed by atoms with Crippen molar-refractivity contribution in [3.8, 4) is 0 Å². The summed E-state index contributed by atoms with van der Waals surface area (Å²) in [5.41, 5.74) is 1.14. The molecule has 0 spiro atoms. The summed E-state index contributed by atoms with van der Waals surface area (Å²) in [6.45, 7) is 2.86. The number of nitrogens with one attached hydrogen (secondary N) is 1. The molecular weight excluding hydrogens is 210 g/mol. The molecule has 0 heterocycles. The summed E-state index contributed by atoms with van der Waals surface area (Å²) in [6, 6.07) is 8.39. The van der Waals surface area contributed by atoms with E-state index in [9.17, 15) is 0 Å². The lowest BCUT2D eigenvalue weighted by Gasteiger charge is -2.36. The van der Waals surface area contributed by atoms with E-state index < -0.39 is 0 Å². The second-order valence-corrected chi connectivity index (χ2v) is 4.33. The Bertz CT molecular complexity index is 306. The summed E-state index contributed by atoms with van der Waals surface area (Å²) >= 11 is 5.81. The third kappa shape index (κ3) is 2.86. The number of anilines is 1. The zero-order chi connectivity index (χ0) is 10.7. The summed E-state index contributed by atoms with van der Waals surface area (Å²) in [7, 11) is 0. The van der Waals surface area contributed by atoms with E-state index in [0.717, 1.165) is 30.2 Å². The highest BCUT2D eigenvalue weighted by atomic mass is 35.5. The molecule has 0 aromatic heterocycles. The van der Waals surface area contributed by atoms with Gasteiger partial charge in [-0.2, -0.15) is 0 Å². The molecule has 15 heavy (non-hydrogen) atoms. The van der Waals surface area contributed by atoms with Gasteiger partial charge in [0, 0.05) is 23.4 Å². The second kappa shape index (κ2) is 4.86. The molecule has 0 bridgehead atoms. The summed E-state index contributed by atoms with van der Waals surface area (Å²) in [6.07, 6.45) is 2.67. The molecule has 2 nitrogen and oxygen atoms in total. The van der Waals surface area contributed by atoms with E-state index >= 15 is 0 Å². The molecule has 0 saturated heterocycles. The zero-order valence-electron chi connectivity index (χ0n) is 8.87. The number of benzene rings is 1. The van der Waals surface area contributed by atoms with Crippen LogP contribution in [0.4, 0.5) is 5.69 Å². The van der Waals surface area contributed by atoms with Gasteiger partial charge in [-0.3, -0.25) is 0 Å². The van der Waals surface area contributed by atoms with Gasteiger partial charge < -0.3 is 10.1 Å². The fraction of sp³-hybridized carbons (Fsp3) is 0.500. The molecule has 3 heteroatoms. The van der Waals surface area contributed by atoms with E-state index in [1.807, 2.05) is 31.2 Å². The van der Waals surface area contributed by atoms with E-state index in [4.69, 9.17) is 16.3 Å². The van der Waals surface area contributed by atoms with Crippen molar-refractivity contribution in [2.45, 2.75) is 31.9 Å². The van der Waals surface area contributed by atoms with Crippen LogP contribution in [0.2, 0.25) is 5.02 Å². The topological polar surface area (TPSA) is 21.3 Å². The van der Waals surface area contributed by atoms with Crippen molar-refractivity contribution < 1.29 is 4.74 Å². The number of rotatable bonds is 4. The van der Waals surface area contributed by atoms with Crippen molar-refractivity contribution in [3.63, 3.8) is 0 Å². The maximum Gasteiger partial charge on any atom is 0.0614 e. The first kappa shape index (κ1) is 10.8. The van der Waals surface area contributed by atoms with Crippen molar-refractivity contribution in [2.24, 2.45) is 0 Å². The molecule has 1 aromatic carbocycles. The lowest BCUT2D eigenvalue weighted by molar-refractivity contribution is 0.00299. The summed E-state index contributed by atoms with van der Waals surface area (Å²) in [5.74, 6) is 0. The molecule has 1 saturated carbocycles.